The highest BCUT2D eigenvalue weighted by Gasteiger charge is 2.18. The predicted octanol–water partition coefficient (Wildman–Crippen LogP) is 2.69. The van der Waals surface area contributed by atoms with E-state index in [1.807, 2.05) is 0 Å². The molecule has 1 N–H and O–H groups in total. The van der Waals surface area contributed by atoms with Crippen LogP contribution >= 0.6 is 0 Å². The van der Waals surface area contributed by atoms with Gasteiger partial charge >= 0.3 is 5.97 Å². The molecule has 148 valence electrons. The summed E-state index contributed by atoms with van der Waals surface area (Å²) in [5.74, 6) is -0.718. The van der Waals surface area contributed by atoms with Crippen molar-refractivity contribution in [3.8, 4) is 5.75 Å². The fourth-order valence-electron chi connectivity index (χ4n) is 2.22. The van der Waals surface area contributed by atoms with Crippen molar-refractivity contribution in [2.24, 2.45) is 0 Å². The number of hydrogen-bond donors (Lipinski definition) is 1. The van der Waals surface area contributed by atoms with Crippen molar-refractivity contribution in [1.29, 1.82) is 0 Å². The summed E-state index contributed by atoms with van der Waals surface area (Å²) < 4.78 is 30.8. The quantitative estimate of drug-likeness (QED) is 0.510. The van der Waals surface area contributed by atoms with Crippen LogP contribution in [0.25, 0.3) is 6.08 Å². The number of carbonyl (C=O) groups is 2. The lowest BCUT2D eigenvalue weighted by molar-refractivity contribution is -0.137. The SMILES string of the molecule is CN(C)S(=O)(=O)c1cccc(C(=O)/C=C/c2ccc(OCCC(=O)O)cc2)c1. The van der Waals surface area contributed by atoms with E-state index < -0.39 is 16.0 Å². The van der Waals surface area contributed by atoms with Gasteiger partial charge in [-0.2, -0.15) is 0 Å². The Morgan fingerprint density at radius 1 is 1.11 bits per heavy atom. The Kier molecular flexibility index (Phi) is 7.08. The molecule has 0 amide bonds. The van der Waals surface area contributed by atoms with Gasteiger partial charge in [0.25, 0.3) is 0 Å². The number of allylic oxidation sites excluding steroid dienone is 1. The highest BCUT2D eigenvalue weighted by Crippen LogP contribution is 2.17. The summed E-state index contributed by atoms with van der Waals surface area (Å²) in [6, 6.07) is 12.7. The lowest BCUT2D eigenvalue weighted by atomic mass is 10.1. The first-order valence-corrected chi connectivity index (χ1v) is 9.84. The molecule has 2 rings (SSSR count). The molecule has 28 heavy (non-hydrogen) atoms. The fourth-order valence-corrected chi connectivity index (χ4v) is 3.17. The van der Waals surface area contributed by atoms with E-state index >= 15 is 0 Å². The van der Waals surface area contributed by atoms with Crippen molar-refractivity contribution in [1.82, 2.24) is 4.31 Å². The topological polar surface area (TPSA) is 101 Å². The number of aliphatic carboxylic acids is 1. The summed E-state index contributed by atoms with van der Waals surface area (Å²) in [5.41, 5.74) is 1.02. The van der Waals surface area contributed by atoms with Gasteiger partial charge in [-0.25, -0.2) is 12.7 Å². The van der Waals surface area contributed by atoms with Crippen LogP contribution in [0.15, 0.2) is 59.5 Å². The number of hydrogen-bond acceptors (Lipinski definition) is 5. The van der Waals surface area contributed by atoms with Crippen LogP contribution in [0.3, 0.4) is 0 Å². The molecule has 0 atom stereocenters. The second-order valence-electron chi connectivity index (χ2n) is 6.07. The molecule has 0 aliphatic heterocycles. The third-order valence-electron chi connectivity index (χ3n) is 3.79. The molecule has 0 bridgehead atoms. The molecule has 0 heterocycles. The Hall–Kier alpha value is -2.97. The van der Waals surface area contributed by atoms with E-state index in [1.165, 1.54) is 38.4 Å². The largest absolute Gasteiger partial charge is 0.493 e. The molecule has 0 aliphatic rings. The van der Waals surface area contributed by atoms with Gasteiger partial charge in [-0.15, -0.1) is 0 Å². The van der Waals surface area contributed by atoms with Crippen molar-refractivity contribution in [2.75, 3.05) is 20.7 Å². The van der Waals surface area contributed by atoms with Crippen molar-refractivity contribution in [3.63, 3.8) is 0 Å². The summed E-state index contributed by atoms with van der Waals surface area (Å²) in [6.07, 6.45) is 2.89. The van der Waals surface area contributed by atoms with Gasteiger partial charge < -0.3 is 9.84 Å². The van der Waals surface area contributed by atoms with Crippen LogP contribution < -0.4 is 4.74 Å². The fraction of sp³-hybridized carbons (Fsp3) is 0.200. The second-order valence-corrected chi connectivity index (χ2v) is 8.23. The Labute approximate surface area is 163 Å². The molecule has 0 saturated heterocycles. The van der Waals surface area contributed by atoms with E-state index in [4.69, 9.17) is 9.84 Å². The van der Waals surface area contributed by atoms with E-state index in [1.54, 1.807) is 36.4 Å². The maximum absolute atomic E-state index is 12.4. The van der Waals surface area contributed by atoms with Crippen LogP contribution in [-0.2, 0) is 14.8 Å². The van der Waals surface area contributed by atoms with Gasteiger partial charge in [0.1, 0.15) is 5.75 Å². The smallest absolute Gasteiger partial charge is 0.306 e. The average molecular weight is 403 g/mol. The molecule has 2 aromatic rings. The Bertz CT molecular complexity index is 978. The lowest BCUT2D eigenvalue weighted by Gasteiger charge is -2.11. The number of rotatable bonds is 9. The first-order chi connectivity index (χ1) is 13.2. The number of benzene rings is 2. The summed E-state index contributed by atoms with van der Waals surface area (Å²) in [5, 5.41) is 8.58. The zero-order valence-electron chi connectivity index (χ0n) is 15.5. The van der Waals surface area contributed by atoms with E-state index in [0.717, 1.165) is 9.87 Å². The first kappa shape index (κ1) is 21.3. The normalized spacial score (nSPS) is 11.7. The molecular weight excluding hydrogens is 382 g/mol. The number of carbonyl (C=O) groups excluding carboxylic acids is 1. The molecule has 0 spiro atoms. The molecule has 0 radical (unpaired) electrons. The predicted molar refractivity (Wildman–Crippen MR) is 105 cm³/mol. The number of carboxylic acids is 1. The minimum Gasteiger partial charge on any atom is -0.493 e. The molecule has 0 aromatic heterocycles. The molecule has 8 heteroatoms. The molecule has 0 fully saturated rings. The van der Waals surface area contributed by atoms with Crippen LogP contribution in [0.5, 0.6) is 5.75 Å². The number of nitrogens with zero attached hydrogens (tertiary/aromatic N) is 1. The van der Waals surface area contributed by atoms with E-state index in [-0.39, 0.29) is 29.3 Å². The second kappa shape index (κ2) is 9.29. The van der Waals surface area contributed by atoms with Crippen molar-refractivity contribution < 1.29 is 27.9 Å². The number of ketones is 1. The zero-order chi connectivity index (χ0) is 20.7. The van der Waals surface area contributed by atoms with Gasteiger partial charge in [0, 0.05) is 19.7 Å². The van der Waals surface area contributed by atoms with Gasteiger partial charge in [-0.1, -0.05) is 30.3 Å². The summed E-state index contributed by atoms with van der Waals surface area (Å²) in [7, 11) is -0.753. The average Bonchev–Trinajstić information content (AvgIpc) is 2.66. The van der Waals surface area contributed by atoms with Crippen LogP contribution in [0.1, 0.15) is 22.3 Å². The van der Waals surface area contributed by atoms with Crippen LogP contribution in [-0.4, -0.2) is 50.3 Å². The summed E-state index contributed by atoms with van der Waals surface area (Å²) in [6.45, 7) is 0.0786. The zero-order valence-corrected chi connectivity index (χ0v) is 16.3. The Morgan fingerprint density at radius 2 is 1.79 bits per heavy atom. The van der Waals surface area contributed by atoms with Gasteiger partial charge in [-0.05, 0) is 35.9 Å². The standard InChI is InChI=1S/C20H21NO6S/c1-21(2)28(25,26)18-5-3-4-16(14-18)19(22)11-8-15-6-9-17(10-7-15)27-13-12-20(23)24/h3-11,14H,12-13H2,1-2H3,(H,23,24)/b11-8+. The minimum atomic E-state index is -3.61. The highest BCUT2D eigenvalue weighted by molar-refractivity contribution is 7.89. The molecule has 0 aliphatic carbocycles. The molecule has 0 unspecified atom stereocenters. The first-order valence-electron chi connectivity index (χ1n) is 8.40. The van der Waals surface area contributed by atoms with E-state index in [9.17, 15) is 18.0 Å². The van der Waals surface area contributed by atoms with Crippen LogP contribution in [0.2, 0.25) is 0 Å². The summed E-state index contributed by atoms with van der Waals surface area (Å²) in [4.78, 5) is 22.9. The van der Waals surface area contributed by atoms with Crippen LogP contribution in [0, 0.1) is 0 Å². The highest BCUT2D eigenvalue weighted by atomic mass is 32.2. The summed E-state index contributed by atoms with van der Waals surface area (Å²) >= 11 is 0. The van der Waals surface area contributed by atoms with Gasteiger partial charge in [0.2, 0.25) is 10.0 Å². The lowest BCUT2D eigenvalue weighted by Crippen LogP contribution is -2.22. The molecule has 0 saturated carbocycles. The Balaban J connectivity index is 2.06. The van der Waals surface area contributed by atoms with Crippen molar-refractivity contribution >= 4 is 27.9 Å². The number of sulfonamides is 1. The Morgan fingerprint density at radius 3 is 2.39 bits per heavy atom. The third kappa shape index (κ3) is 5.77. The number of carboxylic acid groups (broad SMARTS) is 1. The third-order valence-corrected chi connectivity index (χ3v) is 5.60. The van der Waals surface area contributed by atoms with Gasteiger partial charge in [0.05, 0.1) is 17.9 Å². The molecule has 2 aromatic carbocycles. The number of ether oxygens (including phenoxy) is 1. The maximum atomic E-state index is 12.4. The molecular formula is C20H21NO6S. The minimum absolute atomic E-state index is 0.0552. The van der Waals surface area contributed by atoms with Crippen molar-refractivity contribution in [3.05, 3.63) is 65.7 Å². The van der Waals surface area contributed by atoms with E-state index in [0.29, 0.717) is 5.75 Å². The van der Waals surface area contributed by atoms with E-state index in [2.05, 4.69) is 0 Å². The van der Waals surface area contributed by atoms with Crippen LogP contribution in [0.4, 0.5) is 0 Å². The van der Waals surface area contributed by atoms with Gasteiger partial charge in [0.15, 0.2) is 5.78 Å². The van der Waals surface area contributed by atoms with Crippen molar-refractivity contribution in [2.45, 2.75) is 11.3 Å². The monoisotopic (exact) mass is 403 g/mol. The maximum Gasteiger partial charge on any atom is 0.306 e. The molecule has 7 nitrogen and oxygen atoms in total. The van der Waals surface area contributed by atoms with Gasteiger partial charge in [-0.3, -0.25) is 9.59 Å².